The first kappa shape index (κ1) is 21.4. The van der Waals surface area contributed by atoms with E-state index in [1.54, 1.807) is 4.68 Å². The summed E-state index contributed by atoms with van der Waals surface area (Å²) in [5.74, 6) is 1.27. The molecule has 6 nitrogen and oxygen atoms in total. The monoisotopic (exact) mass is 470 g/mol. The van der Waals surface area contributed by atoms with E-state index in [1.807, 2.05) is 53.5 Å². The maximum atomic E-state index is 6.24. The molecule has 0 aliphatic heterocycles. The molecule has 0 amide bonds. The van der Waals surface area contributed by atoms with E-state index in [0.29, 0.717) is 39.9 Å². The van der Waals surface area contributed by atoms with Gasteiger partial charge in [-0.05, 0) is 36.8 Å². The standard InChI is InChI=1S/C22H20Cl2N6S/c1-15-4-2-5-16(12-15)13-29-10-8-20(27-29)25-22(31)26-21-9-11-30(28-21)14-17-18(23)6-3-7-19(17)24/h2-12H,13-14H2,1H3,(H2,25,26,27,28,31). The Kier molecular flexibility index (Phi) is 6.56. The summed E-state index contributed by atoms with van der Waals surface area (Å²) < 4.78 is 3.61. The zero-order valence-electron chi connectivity index (χ0n) is 16.7. The minimum Gasteiger partial charge on any atom is -0.316 e. The number of thiocarbonyl (C=S) groups is 1. The van der Waals surface area contributed by atoms with Crippen LogP contribution >= 0.6 is 35.4 Å². The first-order chi connectivity index (χ1) is 15.0. The number of aryl methyl sites for hydroxylation is 1. The van der Waals surface area contributed by atoms with E-state index >= 15 is 0 Å². The van der Waals surface area contributed by atoms with Gasteiger partial charge in [0.25, 0.3) is 0 Å². The first-order valence-corrected chi connectivity index (χ1v) is 10.8. The van der Waals surface area contributed by atoms with Crippen LogP contribution < -0.4 is 10.6 Å². The third-order valence-electron chi connectivity index (χ3n) is 4.57. The van der Waals surface area contributed by atoms with Crippen LogP contribution in [0.1, 0.15) is 16.7 Å². The summed E-state index contributed by atoms with van der Waals surface area (Å²) in [6.45, 7) is 3.23. The normalized spacial score (nSPS) is 10.8. The van der Waals surface area contributed by atoms with Crippen LogP contribution in [0.2, 0.25) is 10.0 Å². The van der Waals surface area contributed by atoms with Crippen molar-refractivity contribution in [3.63, 3.8) is 0 Å². The Morgan fingerprint density at radius 3 is 2.06 bits per heavy atom. The van der Waals surface area contributed by atoms with Gasteiger partial charge in [-0.25, -0.2) is 0 Å². The number of nitrogens with zero attached hydrogens (tertiary/aromatic N) is 4. The van der Waals surface area contributed by atoms with Gasteiger partial charge in [-0.1, -0.05) is 59.1 Å². The van der Waals surface area contributed by atoms with E-state index in [1.165, 1.54) is 11.1 Å². The topological polar surface area (TPSA) is 59.7 Å². The van der Waals surface area contributed by atoms with Crippen LogP contribution in [0.3, 0.4) is 0 Å². The molecule has 0 fully saturated rings. The largest absolute Gasteiger partial charge is 0.316 e. The van der Waals surface area contributed by atoms with Crippen LogP contribution in [-0.2, 0) is 13.1 Å². The van der Waals surface area contributed by atoms with Crippen LogP contribution in [0.25, 0.3) is 0 Å². The molecule has 0 aliphatic carbocycles. The highest BCUT2D eigenvalue weighted by Gasteiger charge is 2.09. The molecule has 158 valence electrons. The molecule has 2 aromatic carbocycles. The molecule has 4 rings (SSSR count). The van der Waals surface area contributed by atoms with Crippen LogP contribution in [0.5, 0.6) is 0 Å². The van der Waals surface area contributed by atoms with E-state index in [9.17, 15) is 0 Å². The molecule has 0 aliphatic rings. The Morgan fingerprint density at radius 1 is 0.871 bits per heavy atom. The maximum absolute atomic E-state index is 6.24. The molecule has 0 radical (unpaired) electrons. The van der Waals surface area contributed by atoms with Gasteiger partial charge < -0.3 is 10.6 Å². The van der Waals surface area contributed by atoms with Crippen LogP contribution in [0.4, 0.5) is 11.6 Å². The molecule has 4 aromatic rings. The number of anilines is 2. The van der Waals surface area contributed by atoms with Crippen molar-refractivity contribution in [1.29, 1.82) is 0 Å². The van der Waals surface area contributed by atoms with Crippen molar-refractivity contribution >= 4 is 52.2 Å². The highest BCUT2D eigenvalue weighted by atomic mass is 35.5. The van der Waals surface area contributed by atoms with E-state index in [4.69, 9.17) is 35.4 Å². The lowest BCUT2D eigenvalue weighted by molar-refractivity contribution is 0.689. The molecule has 0 spiro atoms. The van der Waals surface area contributed by atoms with Crippen molar-refractivity contribution in [2.24, 2.45) is 0 Å². The van der Waals surface area contributed by atoms with Crippen molar-refractivity contribution in [2.75, 3.05) is 10.6 Å². The quantitative estimate of drug-likeness (QED) is 0.359. The summed E-state index contributed by atoms with van der Waals surface area (Å²) in [7, 11) is 0. The smallest absolute Gasteiger partial charge is 0.177 e. The number of rotatable bonds is 6. The second-order valence-corrected chi connectivity index (χ2v) is 8.29. The molecule has 2 N–H and O–H groups in total. The molecule has 9 heteroatoms. The molecule has 0 saturated heterocycles. The number of halogens is 2. The first-order valence-electron chi connectivity index (χ1n) is 9.59. The average Bonchev–Trinajstić information content (AvgIpc) is 3.34. The van der Waals surface area contributed by atoms with Gasteiger partial charge in [0, 0.05) is 40.1 Å². The number of hydrogen-bond donors (Lipinski definition) is 2. The van der Waals surface area contributed by atoms with E-state index in [0.717, 1.165) is 5.56 Å². The van der Waals surface area contributed by atoms with Gasteiger partial charge in [0.05, 0.1) is 13.1 Å². The zero-order valence-corrected chi connectivity index (χ0v) is 19.0. The summed E-state index contributed by atoms with van der Waals surface area (Å²) in [5.41, 5.74) is 3.24. The van der Waals surface area contributed by atoms with Gasteiger partial charge in [-0.15, -0.1) is 0 Å². The van der Waals surface area contributed by atoms with Gasteiger partial charge >= 0.3 is 0 Å². The van der Waals surface area contributed by atoms with E-state index < -0.39 is 0 Å². The summed E-state index contributed by atoms with van der Waals surface area (Å²) in [4.78, 5) is 0. The summed E-state index contributed by atoms with van der Waals surface area (Å²) in [6.07, 6.45) is 3.75. The summed E-state index contributed by atoms with van der Waals surface area (Å²) in [5, 5.41) is 16.8. The predicted molar refractivity (Wildman–Crippen MR) is 130 cm³/mol. The van der Waals surface area contributed by atoms with Gasteiger partial charge in [-0.2, -0.15) is 10.2 Å². The minimum absolute atomic E-state index is 0.404. The Balaban J connectivity index is 1.34. The molecule has 0 atom stereocenters. The van der Waals surface area contributed by atoms with Crippen LogP contribution in [-0.4, -0.2) is 24.7 Å². The number of nitrogens with one attached hydrogen (secondary N) is 2. The fourth-order valence-corrected chi connectivity index (χ4v) is 3.87. The Morgan fingerprint density at radius 2 is 1.45 bits per heavy atom. The SMILES string of the molecule is Cc1cccc(Cn2ccc(NC(=S)Nc3ccn(Cc4c(Cl)cccc4Cl)n3)n2)c1. The van der Waals surface area contributed by atoms with E-state index in [2.05, 4.69) is 46.0 Å². The second-order valence-electron chi connectivity index (χ2n) is 7.07. The Hall–Kier alpha value is -2.87. The molecule has 31 heavy (non-hydrogen) atoms. The highest BCUT2D eigenvalue weighted by Crippen LogP contribution is 2.25. The Bertz CT molecular complexity index is 1200. The van der Waals surface area contributed by atoms with Crippen molar-refractivity contribution in [2.45, 2.75) is 20.0 Å². The minimum atomic E-state index is 0.404. The predicted octanol–water partition coefficient (Wildman–Crippen LogP) is 5.60. The number of aromatic nitrogens is 4. The van der Waals surface area contributed by atoms with Gasteiger partial charge in [-0.3, -0.25) is 9.36 Å². The van der Waals surface area contributed by atoms with Crippen LogP contribution in [0, 0.1) is 6.92 Å². The molecular formula is C22H20Cl2N6S. The maximum Gasteiger partial charge on any atom is 0.177 e. The fraction of sp³-hybridized carbons (Fsp3) is 0.136. The van der Waals surface area contributed by atoms with Crippen LogP contribution in [0.15, 0.2) is 67.0 Å². The third-order valence-corrected chi connectivity index (χ3v) is 5.49. The second kappa shape index (κ2) is 9.51. The molecule has 2 heterocycles. The highest BCUT2D eigenvalue weighted by molar-refractivity contribution is 7.80. The number of benzene rings is 2. The molecule has 0 unspecified atom stereocenters. The zero-order chi connectivity index (χ0) is 21.8. The lowest BCUT2D eigenvalue weighted by Gasteiger charge is -2.08. The molecule has 2 aromatic heterocycles. The lowest BCUT2D eigenvalue weighted by Crippen LogP contribution is -2.20. The van der Waals surface area contributed by atoms with E-state index in [-0.39, 0.29) is 0 Å². The lowest BCUT2D eigenvalue weighted by atomic mass is 10.1. The van der Waals surface area contributed by atoms with Gasteiger partial charge in [0.2, 0.25) is 0 Å². The van der Waals surface area contributed by atoms with Gasteiger partial charge in [0.1, 0.15) is 0 Å². The van der Waals surface area contributed by atoms with Crippen molar-refractivity contribution < 1.29 is 0 Å². The van der Waals surface area contributed by atoms with Crippen molar-refractivity contribution in [3.8, 4) is 0 Å². The molecular weight excluding hydrogens is 451 g/mol. The summed E-state index contributed by atoms with van der Waals surface area (Å²) >= 11 is 17.9. The summed E-state index contributed by atoms with van der Waals surface area (Å²) in [6, 6.07) is 17.5. The van der Waals surface area contributed by atoms with Crippen molar-refractivity contribution in [3.05, 3.63) is 93.7 Å². The molecule has 0 bridgehead atoms. The van der Waals surface area contributed by atoms with Crippen molar-refractivity contribution in [1.82, 2.24) is 19.6 Å². The Labute approximate surface area is 195 Å². The average molecular weight is 471 g/mol. The molecule has 0 saturated carbocycles. The van der Waals surface area contributed by atoms with Gasteiger partial charge in [0.15, 0.2) is 16.7 Å². The fourth-order valence-electron chi connectivity index (χ4n) is 3.14. The third kappa shape index (κ3) is 5.64. The number of hydrogen-bond acceptors (Lipinski definition) is 3.